The number of aromatic amines is 3. The van der Waals surface area contributed by atoms with Gasteiger partial charge in [0, 0.05) is 18.0 Å². The van der Waals surface area contributed by atoms with Crippen molar-refractivity contribution < 1.29 is 4.52 Å². The van der Waals surface area contributed by atoms with Crippen molar-refractivity contribution in [1.82, 2.24) is 35.6 Å². The zero-order valence-corrected chi connectivity index (χ0v) is 13.2. The van der Waals surface area contributed by atoms with Gasteiger partial charge in [0.1, 0.15) is 0 Å². The molecule has 1 atom stereocenters. The fourth-order valence-electron chi connectivity index (χ4n) is 3.30. The molecule has 0 bridgehead atoms. The number of hydrogen-bond donors (Lipinski definition) is 4. The summed E-state index contributed by atoms with van der Waals surface area (Å²) in [6, 6.07) is 5.48. The number of nitrogens with one attached hydrogen (secondary N) is 4. The van der Waals surface area contributed by atoms with Crippen LogP contribution in [0.1, 0.15) is 18.0 Å². The van der Waals surface area contributed by atoms with Gasteiger partial charge in [-0.2, -0.15) is 10.1 Å². The van der Waals surface area contributed by atoms with Crippen LogP contribution in [0.4, 0.5) is 0 Å². The van der Waals surface area contributed by atoms with Crippen molar-refractivity contribution in [3.8, 4) is 22.8 Å². The maximum atomic E-state index is 11.4. The highest BCUT2D eigenvalue weighted by atomic mass is 16.5. The number of benzene rings is 1. The second-order valence-electron chi connectivity index (χ2n) is 6.15. The minimum Gasteiger partial charge on any atom is -0.333 e. The Morgan fingerprint density at radius 1 is 1.20 bits per heavy atom. The summed E-state index contributed by atoms with van der Waals surface area (Å²) in [5.74, 6) is 1.28. The highest BCUT2D eigenvalue weighted by molar-refractivity contribution is 5.80. The number of aromatic nitrogens is 6. The van der Waals surface area contributed by atoms with Gasteiger partial charge in [-0.25, -0.2) is 4.79 Å². The van der Waals surface area contributed by atoms with E-state index in [0.717, 1.165) is 41.8 Å². The first-order chi connectivity index (χ1) is 12.3. The normalized spacial score (nSPS) is 17.5. The van der Waals surface area contributed by atoms with Crippen LogP contribution in [0, 0.1) is 0 Å². The summed E-state index contributed by atoms with van der Waals surface area (Å²) < 4.78 is 5.46. The molecule has 3 aromatic heterocycles. The van der Waals surface area contributed by atoms with Gasteiger partial charge in [-0.05, 0) is 31.2 Å². The standard InChI is InChI=1S/C16H15N7O2/c24-16-19-11-2-1-8(5-12(11)20-16)14-21-15(25-23-14)10-7-18-22-13(10)9-3-4-17-6-9/h1-2,5,7,9,17H,3-4,6H2,(H,18,22)(H2,19,20,24). The number of rotatable bonds is 3. The van der Waals surface area contributed by atoms with E-state index < -0.39 is 0 Å². The van der Waals surface area contributed by atoms with Crippen LogP contribution in [0.25, 0.3) is 33.9 Å². The van der Waals surface area contributed by atoms with Gasteiger partial charge in [0.15, 0.2) is 0 Å². The summed E-state index contributed by atoms with van der Waals surface area (Å²) in [7, 11) is 0. The summed E-state index contributed by atoms with van der Waals surface area (Å²) in [6.07, 6.45) is 2.77. The van der Waals surface area contributed by atoms with Crippen LogP contribution < -0.4 is 11.0 Å². The van der Waals surface area contributed by atoms with Crippen LogP contribution in [0.2, 0.25) is 0 Å². The number of nitrogens with zero attached hydrogens (tertiary/aromatic N) is 3. The van der Waals surface area contributed by atoms with Gasteiger partial charge in [0.05, 0.1) is 28.5 Å². The Kier molecular flexibility index (Phi) is 3.07. The highest BCUT2D eigenvalue weighted by Crippen LogP contribution is 2.31. The van der Waals surface area contributed by atoms with Crippen molar-refractivity contribution in [2.24, 2.45) is 0 Å². The van der Waals surface area contributed by atoms with Crippen molar-refractivity contribution in [2.75, 3.05) is 13.1 Å². The molecule has 4 aromatic rings. The van der Waals surface area contributed by atoms with Crippen molar-refractivity contribution in [2.45, 2.75) is 12.3 Å². The molecule has 0 saturated carbocycles. The maximum absolute atomic E-state index is 11.4. The van der Waals surface area contributed by atoms with Crippen LogP contribution in [0.3, 0.4) is 0 Å². The van der Waals surface area contributed by atoms with Gasteiger partial charge >= 0.3 is 5.69 Å². The molecule has 1 aliphatic heterocycles. The monoisotopic (exact) mass is 337 g/mol. The molecular weight excluding hydrogens is 322 g/mol. The third-order valence-electron chi connectivity index (χ3n) is 4.57. The first kappa shape index (κ1) is 14.2. The van der Waals surface area contributed by atoms with Gasteiger partial charge < -0.3 is 19.8 Å². The van der Waals surface area contributed by atoms with Crippen LogP contribution in [-0.4, -0.2) is 43.4 Å². The Bertz CT molecular complexity index is 1100. The smallest absolute Gasteiger partial charge is 0.323 e. The van der Waals surface area contributed by atoms with E-state index in [-0.39, 0.29) is 5.69 Å². The van der Waals surface area contributed by atoms with E-state index in [2.05, 4.69) is 35.6 Å². The summed E-state index contributed by atoms with van der Waals surface area (Å²) in [5, 5.41) is 14.6. The fourth-order valence-corrected chi connectivity index (χ4v) is 3.30. The molecule has 1 unspecified atom stereocenters. The number of fused-ring (bicyclic) bond motifs is 1. The molecule has 1 aliphatic rings. The first-order valence-electron chi connectivity index (χ1n) is 8.08. The molecule has 4 heterocycles. The average Bonchev–Trinajstić information content (AvgIpc) is 3.36. The average molecular weight is 337 g/mol. The van der Waals surface area contributed by atoms with E-state index in [1.165, 1.54) is 0 Å². The largest absolute Gasteiger partial charge is 0.333 e. The van der Waals surface area contributed by atoms with E-state index in [9.17, 15) is 4.79 Å². The second-order valence-corrected chi connectivity index (χ2v) is 6.15. The Labute approximate surface area is 140 Å². The molecule has 126 valence electrons. The molecule has 4 N–H and O–H groups in total. The van der Waals surface area contributed by atoms with Crippen LogP contribution in [0.15, 0.2) is 33.7 Å². The zero-order chi connectivity index (χ0) is 16.8. The molecule has 9 nitrogen and oxygen atoms in total. The summed E-state index contributed by atoms with van der Waals surface area (Å²) in [5.41, 5.74) is 3.83. The van der Waals surface area contributed by atoms with E-state index >= 15 is 0 Å². The third kappa shape index (κ3) is 2.36. The van der Waals surface area contributed by atoms with E-state index in [1.807, 2.05) is 18.2 Å². The Hall–Kier alpha value is -3.20. The van der Waals surface area contributed by atoms with E-state index in [4.69, 9.17) is 4.52 Å². The van der Waals surface area contributed by atoms with Gasteiger partial charge in [-0.1, -0.05) is 5.16 Å². The molecule has 1 aromatic carbocycles. The Balaban J connectivity index is 1.52. The number of H-pyrrole nitrogens is 3. The quantitative estimate of drug-likeness (QED) is 0.447. The van der Waals surface area contributed by atoms with Crippen molar-refractivity contribution in [3.63, 3.8) is 0 Å². The fraction of sp³-hybridized carbons (Fsp3) is 0.250. The maximum Gasteiger partial charge on any atom is 0.323 e. The Morgan fingerprint density at radius 2 is 2.12 bits per heavy atom. The number of imidazole rings is 1. The molecule has 9 heteroatoms. The van der Waals surface area contributed by atoms with Crippen LogP contribution in [-0.2, 0) is 0 Å². The molecule has 1 saturated heterocycles. The molecule has 5 rings (SSSR count). The van der Waals surface area contributed by atoms with Crippen LogP contribution in [0.5, 0.6) is 0 Å². The van der Waals surface area contributed by atoms with E-state index in [1.54, 1.807) is 6.20 Å². The predicted octanol–water partition coefficient (Wildman–Crippen LogP) is 1.37. The van der Waals surface area contributed by atoms with E-state index in [0.29, 0.717) is 23.1 Å². The molecule has 1 fully saturated rings. The lowest BCUT2D eigenvalue weighted by Crippen LogP contribution is -2.08. The van der Waals surface area contributed by atoms with Crippen molar-refractivity contribution in [3.05, 3.63) is 40.6 Å². The van der Waals surface area contributed by atoms with Crippen molar-refractivity contribution >= 4 is 11.0 Å². The molecular formula is C16H15N7O2. The molecule has 0 spiro atoms. The lowest BCUT2D eigenvalue weighted by Gasteiger charge is -2.06. The van der Waals surface area contributed by atoms with Gasteiger partial charge in [-0.15, -0.1) is 0 Å². The SMILES string of the molecule is O=c1[nH]c2ccc(-c3noc(-c4cn[nH]c4C4CCNC4)n3)cc2[nH]1. The van der Waals surface area contributed by atoms with Gasteiger partial charge in [-0.3, -0.25) is 5.10 Å². The van der Waals surface area contributed by atoms with Crippen molar-refractivity contribution in [1.29, 1.82) is 0 Å². The second kappa shape index (κ2) is 5.42. The molecule has 25 heavy (non-hydrogen) atoms. The van der Waals surface area contributed by atoms with Crippen LogP contribution >= 0.6 is 0 Å². The molecule has 0 amide bonds. The lowest BCUT2D eigenvalue weighted by atomic mass is 10.0. The minimum atomic E-state index is -0.242. The van der Waals surface area contributed by atoms with Gasteiger partial charge in [0.25, 0.3) is 5.89 Å². The number of hydrogen-bond acceptors (Lipinski definition) is 6. The molecule has 0 radical (unpaired) electrons. The molecule has 0 aliphatic carbocycles. The zero-order valence-electron chi connectivity index (χ0n) is 13.2. The minimum absolute atomic E-state index is 0.242. The highest BCUT2D eigenvalue weighted by Gasteiger charge is 2.24. The third-order valence-corrected chi connectivity index (χ3v) is 4.57. The lowest BCUT2D eigenvalue weighted by molar-refractivity contribution is 0.431. The Morgan fingerprint density at radius 3 is 3.00 bits per heavy atom. The van der Waals surface area contributed by atoms with Gasteiger partial charge in [0.2, 0.25) is 5.82 Å². The first-order valence-corrected chi connectivity index (χ1v) is 8.08. The predicted molar refractivity (Wildman–Crippen MR) is 90.0 cm³/mol. The summed E-state index contributed by atoms with van der Waals surface area (Å²) >= 11 is 0. The summed E-state index contributed by atoms with van der Waals surface area (Å²) in [4.78, 5) is 21.3. The topological polar surface area (TPSA) is 128 Å². The summed E-state index contributed by atoms with van der Waals surface area (Å²) in [6.45, 7) is 1.90.